The van der Waals surface area contributed by atoms with E-state index in [4.69, 9.17) is 0 Å². The van der Waals surface area contributed by atoms with Crippen molar-refractivity contribution in [2.45, 2.75) is 12.3 Å². The molecule has 0 bridgehead atoms. The zero-order valence-electron chi connectivity index (χ0n) is 9.81. The van der Waals surface area contributed by atoms with Gasteiger partial charge in [0, 0.05) is 5.92 Å². The SMILES string of the molecule is OCC(Cc1ccccc1F)c1ccccc1F. The molecule has 3 heteroatoms. The average Bonchev–Trinajstić information content (AvgIpc) is 2.39. The molecule has 0 aliphatic carbocycles. The third kappa shape index (κ3) is 2.74. The van der Waals surface area contributed by atoms with Crippen LogP contribution in [0.1, 0.15) is 17.0 Å². The van der Waals surface area contributed by atoms with Crippen molar-refractivity contribution >= 4 is 0 Å². The Kier molecular flexibility index (Phi) is 4.05. The predicted octanol–water partition coefficient (Wildman–Crippen LogP) is 3.28. The van der Waals surface area contributed by atoms with Crippen molar-refractivity contribution in [3.05, 3.63) is 71.3 Å². The Morgan fingerprint density at radius 2 is 1.50 bits per heavy atom. The molecule has 1 atom stereocenters. The molecule has 1 N–H and O–H groups in total. The summed E-state index contributed by atoms with van der Waals surface area (Å²) in [5, 5.41) is 9.37. The highest BCUT2D eigenvalue weighted by atomic mass is 19.1. The van der Waals surface area contributed by atoms with Crippen molar-refractivity contribution in [1.29, 1.82) is 0 Å². The minimum atomic E-state index is -0.428. The van der Waals surface area contributed by atoms with Crippen molar-refractivity contribution in [3.8, 4) is 0 Å². The molecule has 0 aliphatic heterocycles. The smallest absolute Gasteiger partial charge is 0.126 e. The Bertz CT molecular complexity index is 525. The quantitative estimate of drug-likeness (QED) is 0.880. The summed E-state index contributed by atoms with van der Waals surface area (Å²) in [5.74, 6) is -1.12. The second kappa shape index (κ2) is 5.74. The Balaban J connectivity index is 2.26. The van der Waals surface area contributed by atoms with Crippen LogP contribution < -0.4 is 0 Å². The van der Waals surface area contributed by atoms with Gasteiger partial charge in [-0.05, 0) is 29.7 Å². The minimum Gasteiger partial charge on any atom is -0.396 e. The van der Waals surface area contributed by atoms with Gasteiger partial charge in [-0.25, -0.2) is 8.78 Å². The van der Waals surface area contributed by atoms with Crippen LogP contribution in [0.2, 0.25) is 0 Å². The van der Waals surface area contributed by atoms with Gasteiger partial charge in [0.2, 0.25) is 0 Å². The molecule has 0 spiro atoms. The van der Waals surface area contributed by atoms with Crippen LogP contribution in [0, 0.1) is 11.6 Å². The summed E-state index contributed by atoms with van der Waals surface area (Å²) in [5.41, 5.74) is 0.906. The summed E-state index contributed by atoms with van der Waals surface area (Å²) in [4.78, 5) is 0. The largest absolute Gasteiger partial charge is 0.396 e. The predicted molar refractivity (Wildman–Crippen MR) is 66.3 cm³/mol. The van der Waals surface area contributed by atoms with Crippen molar-refractivity contribution in [2.75, 3.05) is 6.61 Å². The van der Waals surface area contributed by atoms with Gasteiger partial charge in [0.1, 0.15) is 11.6 Å². The van der Waals surface area contributed by atoms with Crippen LogP contribution in [0.5, 0.6) is 0 Å². The van der Waals surface area contributed by atoms with Gasteiger partial charge < -0.3 is 5.11 Å². The standard InChI is InChI=1S/C15H14F2O/c16-14-7-3-1-5-11(14)9-12(10-18)13-6-2-4-8-15(13)17/h1-8,12,18H,9-10H2. The van der Waals surface area contributed by atoms with Crippen LogP contribution >= 0.6 is 0 Å². The summed E-state index contributed by atoms with van der Waals surface area (Å²) >= 11 is 0. The van der Waals surface area contributed by atoms with E-state index in [0.29, 0.717) is 11.1 Å². The summed E-state index contributed by atoms with van der Waals surface area (Å²) in [6.07, 6.45) is 0.282. The maximum atomic E-state index is 13.6. The molecule has 0 fully saturated rings. The topological polar surface area (TPSA) is 20.2 Å². The van der Waals surface area contributed by atoms with Gasteiger partial charge in [-0.2, -0.15) is 0 Å². The van der Waals surface area contributed by atoms with E-state index in [1.54, 1.807) is 36.4 Å². The molecule has 1 unspecified atom stereocenters. The molecule has 0 heterocycles. The van der Waals surface area contributed by atoms with Gasteiger partial charge in [0.05, 0.1) is 6.61 Å². The lowest BCUT2D eigenvalue weighted by Crippen LogP contribution is -2.10. The highest BCUT2D eigenvalue weighted by Crippen LogP contribution is 2.24. The Hall–Kier alpha value is -1.74. The Morgan fingerprint density at radius 3 is 2.11 bits per heavy atom. The van der Waals surface area contributed by atoms with E-state index in [2.05, 4.69) is 0 Å². The second-order valence-electron chi connectivity index (χ2n) is 4.20. The first-order valence-corrected chi connectivity index (χ1v) is 5.81. The lowest BCUT2D eigenvalue weighted by Gasteiger charge is -2.15. The van der Waals surface area contributed by atoms with Crippen molar-refractivity contribution < 1.29 is 13.9 Å². The fraction of sp³-hybridized carbons (Fsp3) is 0.200. The number of halogens is 2. The van der Waals surface area contributed by atoms with Gasteiger partial charge in [0.25, 0.3) is 0 Å². The van der Waals surface area contributed by atoms with Gasteiger partial charge in [-0.3, -0.25) is 0 Å². The molecular formula is C15H14F2O. The van der Waals surface area contributed by atoms with Crippen LogP contribution in [0.4, 0.5) is 8.78 Å². The van der Waals surface area contributed by atoms with E-state index < -0.39 is 5.92 Å². The van der Waals surface area contributed by atoms with Crippen LogP contribution in [-0.4, -0.2) is 11.7 Å². The van der Waals surface area contributed by atoms with Crippen LogP contribution in [0.15, 0.2) is 48.5 Å². The molecule has 0 radical (unpaired) electrons. The third-order valence-electron chi connectivity index (χ3n) is 2.99. The maximum Gasteiger partial charge on any atom is 0.126 e. The Morgan fingerprint density at radius 1 is 0.889 bits per heavy atom. The number of hydrogen-bond donors (Lipinski definition) is 1. The lowest BCUT2D eigenvalue weighted by molar-refractivity contribution is 0.261. The fourth-order valence-corrected chi connectivity index (χ4v) is 2.01. The molecule has 0 aliphatic rings. The fourth-order valence-electron chi connectivity index (χ4n) is 2.01. The normalized spacial score (nSPS) is 12.4. The summed E-state index contributed by atoms with van der Waals surface area (Å²) in [6, 6.07) is 12.6. The van der Waals surface area contributed by atoms with E-state index in [0.717, 1.165) is 0 Å². The van der Waals surface area contributed by atoms with Gasteiger partial charge in [0.15, 0.2) is 0 Å². The summed E-state index contributed by atoms with van der Waals surface area (Å²) in [6.45, 7) is -0.213. The first-order valence-electron chi connectivity index (χ1n) is 5.81. The molecule has 0 saturated heterocycles. The molecular weight excluding hydrogens is 234 g/mol. The molecule has 18 heavy (non-hydrogen) atoms. The third-order valence-corrected chi connectivity index (χ3v) is 2.99. The molecule has 2 aromatic carbocycles. The molecule has 0 saturated carbocycles. The number of aliphatic hydroxyl groups is 1. The van der Waals surface area contributed by atoms with Crippen LogP contribution in [0.3, 0.4) is 0 Å². The van der Waals surface area contributed by atoms with Gasteiger partial charge in [-0.15, -0.1) is 0 Å². The van der Waals surface area contributed by atoms with Crippen molar-refractivity contribution in [3.63, 3.8) is 0 Å². The van der Waals surface area contributed by atoms with E-state index in [1.807, 2.05) is 0 Å². The molecule has 2 rings (SSSR count). The first kappa shape index (κ1) is 12.7. The van der Waals surface area contributed by atoms with Crippen LogP contribution in [0.25, 0.3) is 0 Å². The average molecular weight is 248 g/mol. The Labute approximate surface area is 105 Å². The highest BCUT2D eigenvalue weighted by Gasteiger charge is 2.16. The number of rotatable bonds is 4. The minimum absolute atomic E-state index is 0.213. The number of benzene rings is 2. The zero-order chi connectivity index (χ0) is 13.0. The van der Waals surface area contributed by atoms with E-state index in [9.17, 15) is 13.9 Å². The molecule has 2 aromatic rings. The second-order valence-corrected chi connectivity index (χ2v) is 4.20. The maximum absolute atomic E-state index is 13.6. The highest BCUT2D eigenvalue weighted by molar-refractivity contribution is 5.26. The first-order chi connectivity index (χ1) is 8.72. The van der Waals surface area contributed by atoms with E-state index >= 15 is 0 Å². The summed E-state index contributed by atoms with van der Waals surface area (Å²) < 4.78 is 27.2. The van der Waals surface area contributed by atoms with E-state index in [-0.39, 0.29) is 24.7 Å². The summed E-state index contributed by atoms with van der Waals surface area (Å²) in [7, 11) is 0. The zero-order valence-corrected chi connectivity index (χ0v) is 9.81. The van der Waals surface area contributed by atoms with E-state index in [1.165, 1.54) is 12.1 Å². The lowest BCUT2D eigenvalue weighted by atomic mass is 9.92. The molecule has 0 aromatic heterocycles. The molecule has 0 amide bonds. The van der Waals surface area contributed by atoms with Gasteiger partial charge >= 0.3 is 0 Å². The number of hydrogen-bond acceptors (Lipinski definition) is 1. The van der Waals surface area contributed by atoms with Gasteiger partial charge in [-0.1, -0.05) is 36.4 Å². The van der Waals surface area contributed by atoms with Crippen LogP contribution in [-0.2, 0) is 6.42 Å². The van der Waals surface area contributed by atoms with Crippen molar-refractivity contribution in [2.24, 2.45) is 0 Å². The monoisotopic (exact) mass is 248 g/mol. The molecule has 94 valence electrons. The molecule has 1 nitrogen and oxygen atoms in total. The van der Waals surface area contributed by atoms with Crippen molar-refractivity contribution in [1.82, 2.24) is 0 Å². The number of aliphatic hydroxyl groups excluding tert-OH is 1.